The highest BCUT2D eigenvalue weighted by Gasteiger charge is 2.17. The van der Waals surface area contributed by atoms with E-state index in [2.05, 4.69) is 16.9 Å². The molecule has 18 heavy (non-hydrogen) atoms. The molecule has 3 N–H and O–H groups in total. The van der Waals surface area contributed by atoms with Gasteiger partial charge in [0, 0.05) is 16.6 Å². The molecule has 0 saturated heterocycles. The van der Waals surface area contributed by atoms with Crippen molar-refractivity contribution in [2.75, 3.05) is 12.3 Å². The lowest BCUT2D eigenvalue weighted by Gasteiger charge is -2.02. The number of aromatic nitrogens is 1. The van der Waals surface area contributed by atoms with Gasteiger partial charge in [-0.25, -0.2) is 4.98 Å². The van der Waals surface area contributed by atoms with Crippen LogP contribution in [0.15, 0.2) is 23.9 Å². The summed E-state index contributed by atoms with van der Waals surface area (Å²) in [6.45, 7) is 5.67. The lowest BCUT2D eigenvalue weighted by atomic mass is 10.2. The van der Waals surface area contributed by atoms with Crippen LogP contribution in [-0.4, -0.2) is 17.4 Å². The van der Waals surface area contributed by atoms with E-state index in [9.17, 15) is 4.79 Å². The van der Waals surface area contributed by atoms with Crippen LogP contribution in [0.3, 0.4) is 0 Å². The van der Waals surface area contributed by atoms with Gasteiger partial charge in [-0.05, 0) is 18.6 Å². The Kier molecular flexibility index (Phi) is 3.54. The van der Waals surface area contributed by atoms with Gasteiger partial charge in [0.25, 0.3) is 5.91 Å². The van der Waals surface area contributed by atoms with Crippen LogP contribution in [0.5, 0.6) is 0 Å². The predicted molar refractivity (Wildman–Crippen MR) is 76.1 cm³/mol. The minimum Gasteiger partial charge on any atom is -0.397 e. The first-order valence-corrected chi connectivity index (χ1v) is 6.45. The molecule has 0 radical (unpaired) electrons. The summed E-state index contributed by atoms with van der Waals surface area (Å²) in [5, 5.41) is 3.87. The van der Waals surface area contributed by atoms with Crippen molar-refractivity contribution in [2.24, 2.45) is 0 Å². The van der Waals surface area contributed by atoms with Gasteiger partial charge >= 0.3 is 0 Å². The molecule has 1 amide bonds. The number of thiophene rings is 1. The van der Waals surface area contributed by atoms with Crippen LogP contribution in [0, 0.1) is 6.92 Å². The van der Waals surface area contributed by atoms with Gasteiger partial charge < -0.3 is 11.1 Å². The number of anilines is 1. The van der Waals surface area contributed by atoms with Crippen LogP contribution >= 0.6 is 22.9 Å². The number of hydrogen-bond donors (Lipinski definition) is 2. The van der Waals surface area contributed by atoms with Crippen LogP contribution in [-0.2, 0) is 0 Å². The van der Waals surface area contributed by atoms with E-state index in [1.165, 1.54) is 11.3 Å². The number of amides is 1. The van der Waals surface area contributed by atoms with Crippen molar-refractivity contribution in [3.63, 3.8) is 0 Å². The molecule has 0 saturated carbocycles. The molecular weight excluding hydrogens is 270 g/mol. The van der Waals surface area contributed by atoms with Crippen molar-refractivity contribution in [3.8, 4) is 0 Å². The Hall–Kier alpha value is -1.59. The van der Waals surface area contributed by atoms with Crippen molar-refractivity contribution in [1.82, 2.24) is 10.3 Å². The summed E-state index contributed by atoms with van der Waals surface area (Å²) in [5.41, 5.74) is 7.48. The number of hydrogen-bond acceptors (Lipinski definition) is 4. The van der Waals surface area contributed by atoms with Gasteiger partial charge in [0.1, 0.15) is 9.71 Å². The summed E-state index contributed by atoms with van der Waals surface area (Å²) in [6.07, 6.45) is 1.70. The number of aryl methyl sites for hydroxylation is 1. The molecule has 2 rings (SSSR count). The molecule has 0 aromatic carbocycles. The summed E-state index contributed by atoms with van der Waals surface area (Å²) in [6, 6.07) is 1.87. The highest BCUT2D eigenvalue weighted by molar-refractivity contribution is 7.21. The van der Waals surface area contributed by atoms with Crippen molar-refractivity contribution in [1.29, 1.82) is 0 Å². The highest BCUT2D eigenvalue weighted by Crippen LogP contribution is 2.34. The number of nitrogens with one attached hydrogen (secondary N) is 1. The number of carbonyl (C=O) groups is 1. The topological polar surface area (TPSA) is 68.0 Å². The first-order chi connectivity index (χ1) is 8.50. The van der Waals surface area contributed by atoms with Crippen LogP contribution in [0.2, 0.25) is 0 Å². The molecule has 0 spiro atoms. The van der Waals surface area contributed by atoms with Crippen molar-refractivity contribution >= 4 is 44.7 Å². The molecule has 94 valence electrons. The lowest BCUT2D eigenvalue weighted by Crippen LogP contribution is -2.24. The fourth-order valence-corrected chi connectivity index (χ4v) is 2.75. The minimum absolute atomic E-state index is 0.223. The summed E-state index contributed by atoms with van der Waals surface area (Å²) in [5.74, 6) is -0.253. The summed E-state index contributed by atoms with van der Waals surface area (Å²) in [7, 11) is 0. The number of nitrogens with zero attached hydrogens (tertiary/aromatic N) is 1. The molecule has 4 nitrogen and oxygen atoms in total. The highest BCUT2D eigenvalue weighted by atomic mass is 35.5. The Morgan fingerprint density at radius 2 is 2.39 bits per heavy atom. The monoisotopic (exact) mass is 281 g/mol. The molecule has 0 bridgehead atoms. The van der Waals surface area contributed by atoms with E-state index >= 15 is 0 Å². The molecule has 2 aromatic rings. The first kappa shape index (κ1) is 12.9. The molecular formula is C12H12ClN3OS. The van der Waals surface area contributed by atoms with Crippen molar-refractivity contribution < 1.29 is 4.79 Å². The summed E-state index contributed by atoms with van der Waals surface area (Å²) >= 11 is 6.88. The van der Waals surface area contributed by atoms with Gasteiger partial charge in [-0.3, -0.25) is 4.79 Å². The van der Waals surface area contributed by atoms with Crippen LogP contribution in [0.4, 0.5) is 5.69 Å². The SMILES string of the molecule is C=C(Cl)CNC(=O)c1sc2nccc(C)c2c1N. The molecule has 0 atom stereocenters. The third kappa shape index (κ3) is 2.32. The molecule has 2 heterocycles. The molecule has 2 aromatic heterocycles. The average Bonchev–Trinajstić information content (AvgIpc) is 2.65. The zero-order valence-electron chi connectivity index (χ0n) is 9.79. The molecule has 0 aliphatic heterocycles. The Bertz CT molecular complexity index is 636. The fourth-order valence-electron chi connectivity index (χ4n) is 1.63. The van der Waals surface area contributed by atoms with Crippen molar-refractivity contribution in [3.05, 3.63) is 34.3 Å². The second-order valence-corrected chi connectivity index (χ2v) is 5.39. The lowest BCUT2D eigenvalue weighted by molar-refractivity contribution is 0.0962. The molecule has 0 aliphatic carbocycles. The maximum Gasteiger partial charge on any atom is 0.263 e. The normalized spacial score (nSPS) is 10.6. The van der Waals surface area contributed by atoms with Crippen LogP contribution < -0.4 is 11.1 Å². The fraction of sp³-hybridized carbons (Fsp3) is 0.167. The van der Waals surface area contributed by atoms with Crippen LogP contribution in [0.1, 0.15) is 15.2 Å². The smallest absolute Gasteiger partial charge is 0.263 e. The Balaban J connectivity index is 2.40. The largest absolute Gasteiger partial charge is 0.397 e. The summed E-state index contributed by atoms with van der Waals surface area (Å²) < 4.78 is 0. The second kappa shape index (κ2) is 4.96. The van der Waals surface area contributed by atoms with Gasteiger partial charge in [-0.15, -0.1) is 11.3 Å². The van der Waals surface area contributed by atoms with Gasteiger partial charge in [0.15, 0.2) is 0 Å². The zero-order chi connectivity index (χ0) is 13.3. The second-order valence-electron chi connectivity index (χ2n) is 3.85. The van der Waals surface area contributed by atoms with Crippen LogP contribution in [0.25, 0.3) is 10.2 Å². The number of nitrogens with two attached hydrogens (primary N) is 1. The number of pyridine rings is 1. The van der Waals surface area contributed by atoms with Gasteiger partial charge in [-0.1, -0.05) is 18.2 Å². The number of fused-ring (bicyclic) bond motifs is 1. The van der Waals surface area contributed by atoms with E-state index in [4.69, 9.17) is 17.3 Å². The third-order valence-corrected chi connectivity index (χ3v) is 3.73. The minimum atomic E-state index is -0.253. The first-order valence-electron chi connectivity index (χ1n) is 5.25. The van der Waals surface area contributed by atoms with E-state index < -0.39 is 0 Å². The van der Waals surface area contributed by atoms with E-state index in [0.29, 0.717) is 15.6 Å². The van der Waals surface area contributed by atoms with Gasteiger partial charge in [0.2, 0.25) is 0 Å². The zero-order valence-corrected chi connectivity index (χ0v) is 11.4. The standard InChI is InChI=1S/C12H12ClN3OS/c1-6-3-4-15-12-8(6)9(14)10(18-12)11(17)16-5-7(2)13/h3-4H,2,5,14H2,1H3,(H,16,17). The molecule has 6 heteroatoms. The Morgan fingerprint density at radius 3 is 3.00 bits per heavy atom. The third-order valence-electron chi connectivity index (χ3n) is 2.48. The summed E-state index contributed by atoms with van der Waals surface area (Å²) in [4.78, 5) is 17.4. The van der Waals surface area contributed by atoms with Gasteiger partial charge in [0.05, 0.1) is 12.2 Å². The van der Waals surface area contributed by atoms with Gasteiger partial charge in [-0.2, -0.15) is 0 Å². The Morgan fingerprint density at radius 1 is 1.67 bits per heavy atom. The maximum atomic E-state index is 11.9. The maximum absolute atomic E-state index is 11.9. The number of rotatable bonds is 3. The number of nitrogen functional groups attached to an aromatic ring is 1. The molecule has 0 fully saturated rings. The van der Waals surface area contributed by atoms with E-state index in [1.54, 1.807) is 6.20 Å². The van der Waals surface area contributed by atoms with E-state index in [1.807, 2.05) is 13.0 Å². The number of halogens is 1. The molecule has 0 unspecified atom stereocenters. The van der Waals surface area contributed by atoms with E-state index in [0.717, 1.165) is 15.8 Å². The van der Waals surface area contributed by atoms with Crippen molar-refractivity contribution in [2.45, 2.75) is 6.92 Å². The number of carbonyl (C=O) groups excluding carboxylic acids is 1. The Labute approximate surface area is 113 Å². The molecule has 0 aliphatic rings. The average molecular weight is 282 g/mol. The quantitative estimate of drug-likeness (QED) is 0.909. The van der Waals surface area contributed by atoms with E-state index in [-0.39, 0.29) is 12.5 Å². The predicted octanol–water partition coefficient (Wildman–Crippen LogP) is 2.67.